The van der Waals surface area contributed by atoms with Crippen LogP contribution in [0, 0.1) is 0 Å². The molecule has 4 nitrogen and oxygen atoms in total. The van der Waals surface area contributed by atoms with E-state index in [1.165, 1.54) is 0 Å². The third kappa shape index (κ3) is 2.96. The number of nitrogens with zero attached hydrogens (tertiary/aromatic N) is 1. The summed E-state index contributed by atoms with van der Waals surface area (Å²) in [6.45, 7) is 2.54. The molecule has 0 unspecified atom stereocenters. The van der Waals surface area contributed by atoms with Gasteiger partial charge in [0.05, 0.1) is 19.4 Å². The Labute approximate surface area is 119 Å². The predicted octanol–water partition coefficient (Wildman–Crippen LogP) is 3.44. The summed E-state index contributed by atoms with van der Waals surface area (Å²) in [5.41, 5.74) is 8.63. The van der Waals surface area contributed by atoms with E-state index in [4.69, 9.17) is 15.2 Å². The van der Waals surface area contributed by atoms with Crippen LogP contribution in [0.2, 0.25) is 0 Å². The fraction of sp³-hybridized carbons (Fsp3) is 0.250. The highest BCUT2D eigenvalue weighted by Gasteiger charge is 2.08. The molecule has 0 amide bonds. The third-order valence-electron chi connectivity index (χ3n) is 3.14. The second-order valence-electron chi connectivity index (χ2n) is 4.41. The summed E-state index contributed by atoms with van der Waals surface area (Å²) in [5, 5.41) is 0. The molecule has 2 aromatic carbocycles. The number of rotatable bonds is 5. The van der Waals surface area contributed by atoms with Gasteiger partial charge >= 0.3 is 0 Å². The molecule has 0 fully saturated rings. The van der Waals surface area contributed by atoms with Gasteiger partial charge in [-0.3, -0.25) is 0 Å². The first-order valence-corrected chi connectivity index (χ1v) is 6.55. The minimum atomic E-state index is 0.597. The van der Waals surface area contributed by atoms with E-state index < -0.39 is 0 Å². The lowest BCUT2D eigenvalue weighted by Gasteiger charge is -2.21. The molecule has 0 saturated carbocycles. The van der Waals surface area contributed by atoms with Crippen molar-refractivity contribution in [2.24, 2.45) is 0 Å². The molecule has 0 aliphatic rings. The molecule has 2 aromatic rings. The van der Waals surface area contributed by atoms with Crippen LogP contribution in [0.1, 0.15) is 6.92 Å². The maximum atomic E-state index is 5.89. The Morgan fingerprint density at radius 2 is 1.70 bits per heavy atom. The van der Waals surface area contributed by atoms with E-state index in [0.717, 1.165) is 17.1 Å². The van der Waals surface area contributed by atoms with E-state index in [0.29, 0.717) is 18.0 Å². The summed E-state index contributed by atoms with van der Waals surface area (Å²) in [6.07, 6.45) is 0. The number of anilines is 3. The van der Waals surface area contributed by atoms with Crippen LogP contribution in [0.4, 0.5) is 17.1 Å². The molecule has 0 bridgehead atoms. The number of ether oxygens (including phenoxy) is 2. The summed E-state index contributed by atoms with van der Waals surface area (Å²) in [5.74, 6) is 1.56. The zero-order valence-corrected chi connectivity index (χ0v) is 12.1. The molecule has 2 rings (SSSR count). The standard InChI is InChI=1S/C16H20N2O2/c1-4-20-16-11-13(7-10-15(16)17)18(2)12-5-8-14(19-3)9-6-12/h5-11H,4,17H2,1-3H3. The van der Waals surface area contributed by atoms with Crippen molar-refractivity contribution in [3.8, 4) is 11.5 Å². The average molecular weight is 272 g/mol. The van der Waals surface area contributed by atoms with E-state index in [2.05, 4.69) is 4.90 Å². The quantitative estimate of drug-likeness (QED) is 0.847. The highest BCUT2D eigenvalue weighted by molar-refractivity contribution is 5.68. The first-order chi connectivity index (χ1) is 9.65. The highest BCUT2D eigenvalue weighted by Crippen LogP contribution is 2.31. The van der Waals surface area contributed by atoms with Crippen molar-refractivity contribution in [3.63, 3.8) is 0 Å². The number of benzene rings is 2. The SMILES string of the molecule is CCOc1cc(N(C)c2ccc(OC)cc2)ccc1N. The highest BCUT2D eigenvalue weighted by atomic mass is 16.5. The third-order valence-corrected chi connectivity index (χ3v) is 3.14. The first-order valence-electron chi connectivity index (χ1n) is 6.55. The predicted molar refractivity (Wildman–Crippen MR) is 83.1 cm³/mol. The van der Waals surface area contributed by atoms with Crippen LogP contribution < -0.4 is 20.1 Å². The molecular formula is C16H20N2O2. The Morgan fingerprint density at radius 1 is 1.05 bits per heavy atom. The molecule has 20 heavy (non-hydrogen) atoms. The first kappa shape index (κ1) is 14.1. The average Bonchev–Trinajstić information content (AvgIpc) is 2.49. The normalized spacial score (nSPS) is 10.2. The van der Waals surface area contributed by atoms with Gasteiger partial charge in [0.2, 0.25) is 0 Å². The van der Waals surface area contributed by atoms with Gasteiger partial charge in [0.1, 0.15) is 11.5 Å². The van der Waals surface area contributed by atoms with E-state index in [-0.39, 0.29) is 0 Å². The van der Waals surface area contributed by atoms with E-state index in [1.807, 2.05) is 56.4 Å². The van der Waals surface area contributed by atoms with Gasteiger partial charge in [-0.05, 0) is 43.3 Å². The lowest BCUT2D eigenvalue weighted by molar-refractivity contribution is 0.342. The Balaban J connectivity index is 2.27. The van der Waals surface area contributed by atoms with Crippen molar-refractivity contribution in [3.05, 3.63) is 42.5 Å². The molecule has 2 N–H and O–H groups in total. The zero-order chi connectivity index (χ0) is 14.5. The summed E-state index contributed by atoms with van der Waals surface area (Å²) in [4.78, 5) is 2.07. The zero-order valence-electron chi connectivity index (χ0n) is 12.1. The van der Waals surface area contributed by atoms with Gasteiger partial charge in [0.25, 0.3) is 0 Å². The van der Waals surface area contributed by atoms with Crippen LogP contribution >= 0.6 is 0 Å². The number of hydrogen-bond acceptors (Lipinski definition) is 4. The monoisotopic (exact) mass is 272 g/mol. The molecule has 0 aromatic heterocycles. The van der Waals surface area contributed by atoms with Crippen LogP contribution in [-0.2, 0) is 0 Å². The van der Waals surface area contributed by atoms with Crippen molar-refractivity contribution in [2.45, 2.75) is 6.92 Å². The van der Waals surface area contributed by atoms with Crippen molar-refractivity contribution in [2.75, 3.05) is 31.4 Å². The lowest BCUT2D eigenvalue weighted by atomic mass is 10.2. The van der Waals surface area contributed by atoms with Crippen molar-refractivity contribution >= 4 is 17.1 Å². The van der Waals surface area contributed by atoms with Crippen LogP contribution in [0.15, 0.2) is 42.5 Å². The molecule has 0 aliphatic carbocycles. The Morgan fingerprint density at radius 3 is 2.30 bits per heavy atom. The summed E-state index contributed by atoms with van der Waals surface area (Å²) >= 11 is 0. The molecular weight excluding hydrogens is 252 g/mol. The minimum Gasteiger partial charge on any atom is -0.497 e. The number of hydrogen-bond donors (Lipinski definition) is 1. The molecule has 0 aliphatic heterocycles. The van der Waals surface area contributed by atoms with Crippen molar-refractivity contribution < 1.29 is 9.47 Å². The molecule has 0 radical (unpaired) electrons. The summed E-state index contributed by atoms with van der Waals surface area (Å²) in [7, 11) is 3.66. The van der Waals surface area contributed by atoms with Gasteiger partial charge in [0.15, 0.2) is 0 Å². The smallest absolute Gasteiger partial charge is 0.144 e. The summed E-state index contributed by atoms with van der Waals surface area (Å²) < 4.78 is 10.7. The van der Waals surface area contributed by atoms with Crippen LogP contribution in [0.5, 0.6) is 11.5 Å². The molecule has 0 spiro atoms. The fourth-order valence-electron chi connectivity index (χ4n) is 1.97. The second kappa shape index (κ2) is 6.19. The topological polar surface area (TPSA) is 47.7 Å². The number of nitrogens with two attached hydrogens (primary N) is 1. The van der Waals surface area contributed by atoms with E-state index in [1.54, 1.807) is 7.11 Å². The van der Waals surface area contributed by atoms with Gasteiger partial charge in [-0.25, -0.2) is 0 Å². The van der Waals surface area contributed by atoms with Gasteiger partial charge in [-0.2, -0.15) is 0 Å². The number of nitrogen functional groups attached to an aromatic ring is 1. The fourth-order valence-corrected chi connectivity index (χ4v) is 1.97. The van der Waals surface area contributed by atoms with E-state index >= 15 is 0 Å². The Kier molecular flexibility index (Phi) is 4.35. The second-order valence-corrected chi connectivity index (χ2v) is 4.41. The molecule has 0 heterocycles. The molecule has 106 valence electrons. The van der Waals surface area contributed by atoms with Crippen LogP contribution in [0.25, 0.3) is 0 Å². The van der Waals surface area contributed by atoms with Crippen molar-refractivity contribution in [1.29, 1.82) is 0 Å². The van der Waals surface area contributed by atoms with E-state index in [9.17, 15) is 0 Å². The lowest BCUT2D eigenvalue weighted by Crippen LogP contribution is -2.10. The van der Waals surface area contributed by atoms with Gasteiger partial charge < -0.3 is 20.1 Å². The maximum Gasteiger partial charge on any atom is 0.144 e. The number of methoxy groups -OCH3 is 1. The van der Waals surface area contributed by atoms with Crippen LogP contribution in [-0.4, -0.2) is 20.8 Å². The minimum absolute atomic E-state index is 0.597. The van der Waals surface area contributed by atoms with Crippen LogP contribution in [0.3, 0.4) is 0 Å². The van der Waals surface area contributed by atoms with Gasteiger partial charge in [-0.1, -0.05) is 0 Å². The summed E-state index contributed by atoms with van der Waals surface area (Å²) in [6, 6.07) is 13.7. The van der Waals surface area contributed by atoms with Gasteiger partial charge in [0, 0.05) is 24.5 Å². The Bertz CT molecular complexity index is 567. The maximum absolute atomic E-state index is 5.89. The van der Waals surface area contributed by atoms with Crippen molar-refractivity contribution in [1.82, 2.24) is 0 Å². The molecule has 0 atom stereocenters. The van der Waals surface area contributed by atoms with Gasteiger partial charge in [-0.15, -0.1) is 0 Å². The molecule has 4 heteroatoms. The molecule has 0 saturated heterocycles. The largest absolute Gasteiger partial charge is 0.497 e. The Hall–Kier alpha value is -2.36.